The van der Waals surface area contributed by atoms with Gasteiger partial charge < -0.3 is 9.72 Å². The standard InChI is InChI=1S/C24H24FN3O/c1-15(2)19(23-26-11-12-27-23)14-18-9-10-22(28-24(18)29-3)17-8-7-16-5-4-6-21(25)20(16)13-17/h4-13,15,19H,14H2,1-3H3,(H,26,27). The number of aromatic nitrogens is 3. The Kier molecular flexibility index (Phi) is 5.30. The van der Waals surface area contributed by atoms with Gasteiger partial charge in [-0.15, -0.1) is 0 Å². The summed E-state index contributed by atoms with van der Waals surface area (Å²) in [5.74, 6) is 1.98. The van der Waals surface area contributed by atoms with Gasteiger partial charge in [0, 0.05) is 34.8 Å². The van der Waals surface area contributed by atoms with Gasteiger partial charge in [-0.05, 0) is 35.9 Å². The summed E-state index contributed by atoms with van der Waals surface area (Å²) in [7, 11) is 1.63. The lowest BCUT2D eigenvalue weighted by Crippen LogP contribution is -2.13. The minimum atomic E-state index is -0.230. The summed E-state index contributed by atoms with van der Waals surface area (Å²) in [5.41, 5.74) is 2.65. The van der Waals surface area contributed by atoms with Crippen LogP contribution in [0.25, 0.3) is 22.0 Å². The first kappa shape index (κ1) is 19.1. The Morgan fingerprint density at radius 3 is 2.69 bits per heavy atom. The van der Waals surface area contributed by atoms with Crippen LogP contribution in [0.4, 0.5) is 4.39 Å². The zero-order valence-corrected chi connectivity index (χ0v) is 16.8. The lowest BCUT2D eigenvalue weighted by molar-refractivity contribution is 0.386. The van der Waals surface area contributed by atoms with Crippen LogP contribution >= 0.6 is 0 Å². The number of fused-ring (bicyclic) bond motifs is 1. The largest absolute Gasteiger partial charge is 0.481 e. The van der Waals surface area contributed by atoms with E-state index in [1.807, 2.05) is 42.6 Å². The quantitative estimate of drug-likeness (QED) is 0.456. The molecule has 1 atom stereocenters. The van der Waals surface area contributed by atoms with E-state index in [-0.39, 0.29) is 11.7 Å². The van der Waals surface area contributed by atoms with E-state index in [4.69, 9.17) is 9.72 Å². The van der Waals surface area contributed by atoms with Crippen molar-refractivity contribution in [3.05, 3.63) is 78.1 Å². The fourth-order valence-electron chi connectivity index (χ4n) is 3.72. The summed E-state index contributed by atoms with van der Waals surface area (Å²) in [6, 6.07) is 14.8. The Bertz CT molecular complexity index is 1120. The van der Waals surface area contributed by atoms with Gasteiger partial charge in [0.15, 0.2) is 0 Å². The highest BCUT2D eigenvalue weighted by Crippen LogP contribution is 2.32. The lowest BCUT2D eigenvalue weighted by atomic mass is 9.88. The topological polar surface area (TPSA) is 50.8 Å². The Morgan fingerprint density at radius 1 is 1.10 bits per heavy atom. The third-order valence-corrected chi connectivity index (χ3v) is 5.37. The van der Waals surface area contributed by atoms with E-state index in [2.05, 4.69) is 23.8 Å². The van der Waals surface area contributed by atoms with E-state index in [1.54, 1.807) is 19.4 Å². The third kappa shape index (κ3) is 3.86. The van der Waals surface area contributed by atoms with Crippen LogP contribution in [-0.4, -0.2) is 22.1 Å². The lowest BCUT2D eigenvalue weighted by Gasteiger charge is -2.20. The van der Waals surface area contributed by atoms with Crippen molar-refractivity contribution >= 4 is 10.8 Å². The molecule has 0 saturated heterocycles. The average Bonchev–Trinajstić information content (AvgIpc) is 3.26. The van der Waals surface area contributed by atoms with Gasteiger partial charge in [0.2, 0.25) is 5.88 Å². The molecule has 4 rings (SSSR count). The maximum Gasteiger partial charge on any atom is 0.216 e. The van der Waals surface area contributed by atoms with Gasteiger partial charge in [0.25, 0.3) is 0 Å². The summed E-state index contributed by atoms with van der Waals surface area (Å²) in [4.78, 5) is 12.4. The van der Waals surface area contributed by atoms with Crippen molar-refractivity contribution in [2.24, 2.45) is 5.92 Å². The van der Waals surface area contributed by atoms with Crippen molar-refractivity contribution in [1.29, 1.82) is 0 Å². The van der Waals surface area contributed by atoms with E-state index < -0.39 is 0 Å². The van der Waals surface area contributed by atoms with Gasteiger partial charge in [-0.3, -0.25) is 0 Å². The highest BCUT2D eigenvalue weighted by atomic mass is 19.1. The number of H-pyrrole nitrogens is 1. The molecule has 2 aromatic carbocycles. The number of hydrogen-bond acceptors (Lipinski definition) is 3. The molecule has 0 aliphatic rings. The van der Waals surface area contributed by atoms with Crippen molar-refractivity contribution in [2.75, 3.05) is 7.11 Å². The van der Waals surface area contributed by atoms with E-state index in [1.165, 1.54) is 6.07 Å². The summed E-state index contributed by atoms with van der Waals surface area (Å²) < 4.78 is 19.8. The zero-order chi connectivity index (χ0) is 20.4. The first-order valence-corrected chi connectivity index (χ1v) is 9.78. The molecule has 0 spiro atoms. The summed E-state index contributed by atoms with van der Waals surface area (Å²) in [5, 5.41) is 1.46. The average molecular weight is 389 g/mol. The third-order valence-electron chi connectivity index (χ3n) is 5.37. The number of rotatable bonds is 6. The van der Waals surface area contributed by atoms with Gasteiger partial charge in [-0.2, -0.15) is 0 Å². The first-order chi connectivity index (χ1) is 14.1. The molecule has 148 valence electrons. The van der Waals surface area contributed by atoms with Gasteiger partial charge in [-0.25, -0.2) is 14.4 Å². The van der Waals surface area contributed by atoms with Gasteiger partial charge in [0.1, 0.15) is 11.6 Å². The molecule has 0 bridgehead atoms. The van der Waals surface area contributed by atoms with Gasteiger partial charge in [0.05, 0.1) is 12.8 Å². The van der Waals surface area contributed by atoms with Gasteiger partial charge >= 0.3 is 0 Å². The fourth-order valence-corrected chi connectivity index (χ4v) is 3.72. The Morgan fingerprint density at radius 2 is 1.97 bits per heavy atom. The molecule has 1 unspecified atom stereocenters. The predicted octanol–water partition coefficient (Wildman–Crippen LogP) is 5.75. The Balaban J connectivity index is 1.69. The molecule has 1 N–H and O–H groups in total. The number of nitrogens with zero attached hydrogens (tertiary/aromatic N) is 2. The van der Waals surface area contributed by atoms with Crippen molar-refractivity contribution in [1.82, 2.24) is 15.0 Å². The summed E-state index contributed by atoms with van der Waals surface area (Å²) in [6.07, 6.45) is 4.40. The number of benzene rings is 2. The van der Waals surface area contributed by atoms with Crippen LogP contribution in [0.3, 0.4) is 0 Å². The Labute approximate surface area is 169 Å². The zero-order valence-electron chi connectivity index (χ0n) is 16.8. The second kappa shape index (κ2) is 8.03. The molecule has 2 aromatic heterocycles. The van der Waals surface area contributed by atoms with Crippen LogP contribution in [0.15, 0.2) is 60.9 Å². The second-order valence-corrected chi connectivity index (χ2v) is 7.57. The number of ether oxygens (including phenoxy) is 1. The summed E-state index contributed by atoms with van der Waals surface area (Å²) in [6.45, 7) is 4.37. The molecule has 4 aromatic rings. The molecule has 0 amide bonds. The summed E-state index contributed by atoms with van der Waals surface area (Å²) >= 11 is 0. The number of imidazole rings is 1. The van der Waals surface area contributed by atoms with Gasteiger partial charge in [-0.1, -0.05) is 44.2 Å². The van der Waals surface area contributed by atoms with E-state index in [0.717, 1.165) is 34.5 Å². The minimum Gasteiger partial charge on any atom is -0.481 e. The number of nitrogens with one attached hydrogen (secondary N) is 1. The highest BCUT2D eigenvalue weighted by Gasteiger charge is 2.21. The predicted molar refractivity (Wildman–Crippen MR) is 114 cm³/mol. The molecule has 29 heavy (non-hydrogen) atoms. The molecule has 0 aliphatic carbocycles. The fraction of sp³-hybridized carbons (Fsp3) is 0.250. The van der Waals surface area contributed by atoms with E-state index in [0.29, 0.717) is 17.2 Å². The van der Waals surface area contributed by atoms with E-state index in [9.17, 15) is 4.39 Å². The van der Waals surface area contributed by atoms with Crippen molar-refractivity contribution in [3.63, 3.8) is 0 Å². The van der Waals surface area contributed by atoms with Crippen molar-refractivity contribution in [3.8, 4) is 17.1 Å². The maximum atomic E-state index is 14.2. The van der Waals surface area contributed by atoms with Crippen LogP contribution in [-0.2, 0) is 6.42 Å². The first-order valence-electron chi connectivity index (χ1n) is 9.78. The molecule has 0 aliphatic heterocycles. The van der Waals surface area contributed by atoms with Crippen LogP contribution in [0.1, 0.15) is 31.2 Å². The number of methoxy groups -OCH3 is 1. The highest BCUT2D eigenvalue weighted by molar-refractivity contribution is 5.87. The molecular weight excluding hydrogens is 365 g/mol. The molecule has 5 heteroatoms. The monoisotopic (exact) mass is 389 g/mol. The molecule has 2 heterocycles. The van der Waals surface area contributed by atoms with Crippen LogP contribution in [0.2, 0.25) is 0 Å². The molecule has 4 nitrogen and oxygen atoms in total. The normalized spacial score (nSPS) is 12.4. The van der Waals surface area contributed by atoms with Crippen LogP contribution < -0.4 is 4.74 Å². The molecule has 0 radical (unpaired) electrons. The smallest absolute Gasteiger partial charge is 0.216 e. The number of pyridine rings is 1. The second-order valence-electron chi connectivity index (χ2n) is 7.57. The van der Waals surface area contributed by atoms with E-state index >= 15 is 0 Å². The van der Waals surface area contributed by atoms with Crippen LogP contribution in [0, 0.1) is 11.7 Å². The maximum absolute atomic E-state index is 14.2. The SMILES string of the molecule is COc1nc(-c2ccc3cccc(F)c3c2)ccc1CC(c1ncc[nH]1)C(C)C. The number of halogens is 1. The number of hydrogen-bond donors (Lipinski definition) is 1. The number of aromatic amines is 1. The minimum absolute atomic E-state index is 0.230. The molecule has 0 saturated carbocycles. The van der Waals surface area contributed by atoms with Crippen molar-refractivity contribution in [2.45, 2.75) is 26.2 Å². The molecule has 0 fully saturated rings. The van der Waals surface area contributed by atoms with Crippen LogP contribution in [0.5, 0.6) is 5.88 Å². The van der Waals surface area contributed by atoms with Crippen molar-refractivity contribution < 1.29 is 9.13 Å². The Hall–Kier alpha value is -3.21. The molecular formula is C24H24FN3O.